The number of aliphatic hydroxyl groups excluding tert-OH is 1. The van der Waals surface area contributed by atoms with E-state index >= 15 is 0 Å². The number of hydrogen-bond donors (Lipinski definition) is 4. The molecule has 1 fully saturated rings. The number of rotatable bonds is 4. The van der Waals surface area contributed by atoms with Crippen molar-refractivity contribution in [2.75, 3.05) is 22.9 Å². The normalized spacial score (nSPS) is 26.4. The molecule has 3 heterocycles. The van der Waals surface area contributed by atoms with Gasteiger partial charge in [-0.1, -0.05) is 24.8 Å². The molecule has 1 saturated heterocycles. The van der Waals surface area contributed by atoms with Crippen molar-refractivity contribution in [3.05, 3.63) is 63.6 Å². The zero-order chi connectivity index (χ0) is 25.0. The van der Waals surface area contributed by atoms with Gasteiger partial charge >= 0.3 is 0 Å². The van der Waals surface area contributed by atoms with Crippen LogP contribution < -0.4 is 27.0 Å². The lowest BCUT2D eigenvalue weighted by Crippen LogP contribution is -2.47. The molecule has 3 aliphatic rings. The smallest absolute Gasteiger partial charge is 0.268 e. The summed E-state index contributed by atoms with van der Waals surface area (Å²) in [6.45, 7) is 3.35. The Kier molecular flexibility index (Phi) is 6.10. The number of thioether (sulfide) groups is 1. The highest BCUT2D eigenvalue weighted by Crippen LogP contribution is 2.53. The fourth-order valence-corrected chi connectivity index (χ4v) is 6.71. The summed E-state index contributed by atoms with van der Waals surface area (Å²) in [6.07, 6.45) is 2.76. The van der Waals surface area contributed by atoms with Crippen molar-refractivity contribution >= 4 is 29.0 Å². The Balaban J connectivity index is 1.74. The van der Waals surface area contributed by atoms with Crippen LogP contribution >= 0.6 is 11.8 Å². The number of pyridine rings is 1. The minimum absolute atomic E-state index is 0.0430. The Morgan fingerprint density at radius 2 is 1.97 bits per heavy atom. The molecule has 7 N–H and O–H groups in total. The van der Waals surface area contributed by atoms with E-state index in [4.69, 9.17) is 17.2 Å². The molecule has 1 aromatic heterocycles. The van der Waals surface area contributed by atoms with Crippen LogP contribution in [0.5, 0.6) is 0 Å². The Morgan fingerprint density at radius 3 is 2.63 bits per heavy atom. The lowest BCUT2D eigenvalue weighted by atomic mass is 9.95. The number of amides is 1. The van der Waals surface area contributed by atoms with E-state index in [9.17, 15) is 18.7 Å². The third kappa shape index (κ3) is 4.01. The van der Waals surface area contributed by atoms with Gasteiger partial charge in [-0.3, -0.25) is 9.78 Å². The fourth-order valence-electron chi connectivity index (χ4n) is 5.49. The maximum absolute atomic E-state index is 14.9. The van der Waals surface area contributed by atoms with Crippen LogP contribution in [0.1, 0.15) is 48.1 Å². The first-order chi connectivity index (χ1) is 16.7. The first kappa shape index (κ1) is 23.8. The Hall–Kier alpha value is -2.89. The maximum Gasteiger partial charge on any atom is 0.268 e. The summed E-state index contributed by atoms with van der Waals surface area (Å²) in [5, 5.41) is 9.58. The van der Waals surface area contributed by atoms with E-state index < -0.39 is 29.0 Å². The summed E-state index contributed by atoms with van der Waals surface area (Å²) in [6, 6.07) is 3.54. The summed E-state index contributed by atoms with van der Waals surface area (Å²) >= 11 is 0.959. The molecule has 11 heteroatoms. The molecule has 0 radical (unpaired) electrons. The van der Waals surface area contributed by atoms with Crippen LogP contribution in [0.2, 0.25) is 0 Å². The molecule has 0 spiro atoms. The molecule has 2 aliphatic heterocycles. The van der Waals surface area contributed by atoms with Gasteiger partial charge in [-0.25, -0.2) is 8.78 Å². The fraction of sp³-hybridized carbons (Fsp3) is 0.417. The molecule has 1 aliphatic carbocycles. The molecule has 8 nitrogen and oxygen atoms in total. The van der Waals surface area contributed by atoms with Crippen molar-refractivity contribution in [2.45, 2.75) is 43.7 Å². The van der Waals surface area contributed by atoms with Crippen LogP contribution in [-0.4, -0.2) is 35.1 Å². The molecule has 186 valence electrons. The van der Waals surface area contributed by atoms with E-state index in [1.807, 2.05) is 0 Å². The largest absolute Gasteiger partial charge is 0.392 e. The number of anilines is 2. The van der Waals surface area contributed by atoms with E-state index in [1.54, 1.807) is 0 Å². The van der Waals surface area contributed by atoms with E-state index in [1.165, 1.54) is 29.3 Å². The highest BCUT2D eigenvalue weighted by Gasteiger charge is 2.43. The number of fused-ring (bicyclic) bond motifs is 1. The number of aliphatic hydroxyl groups is 1. The van der Waals surface area contributed by atoms with Crippen molar-refractivity contribution in [1.29, 1.82) is 0 Å². The number of nitrogens with two attached hydrogens (primary N) is 3. The van der Waals surface area contributed by atoms with E-state index in [-0.39, 0.29) is 22.3 Å². The summed E-state index contributed by atoms with van der Waals surface area (Å²) < 4.78 is 29.9. The summed E-state index contributed by atoms with van der Waals surface area (Å²) in [7, 11) is 0. The lowest BCUT2D eigenvalue weighted by molar-refractivity contribution is -0.114. The lowest BCUT2D eigenvalue weighted by Gasteiger charge is -2.40. The van der Waals surface area contributed by atoms with Crippen LogP contribution in [0, 0.1) is 17.6 Å². The van der Waals surface area contributed by atoms with Gasteiger partial charge in [0, 0.05) is 24.7 Å². The molecule has 1 aromatic carbocycles. The highest BCUT2D eigenvalue weighted by atomic mass is 32.2. The van der Waals surface area contributed by atoms with Gasteiger partial charge in [-0.05, 0) is 37.3 Å². The third-order valence-electron chi connectivity index (χ3n) is 6.84. The number of piperidine rings is 1. The van der Waals surface area contributed by atoms with Gasteiger partial charge in [0.1, 0.15) is 22.7 Å². The number of carbonyl (C=O) groups excluding carboxylic acids is 1. The van der Waals surface area contributed by atoms with Gasteiger partial charge in [-0.2, -0.15) is 0 Å². The van der Waals surface area contributed by atoms with Crippen molar-refractivity contribution in [1.82, 2.24) is 4.98 Å². The van der Waals surface area contributed by atoms with Crippen LogP contribution in [0.15, 0.2) is 35.1 Å². The minimum Gasteiger partial charge on any atom is -0.392 e. The topological polar surface area (TPSA) is 135 Å². The van der Waals surface area contributed by atoms with Crippen LogP contribution in [0.25, 0.3) is 0 Å². The minimum atomic E-state index is -1.01. The third-order valence-corrected chi connectivity index (χ3v) is 7.96. The van der Waals surface area contributed by atoms with Gasteiger partial charge < -0.3 is 32.1 Å². The van der Waals surface area contributed by atoms with E-state index in [0.29, 0.717) is 43.2 Å². The molecule has 2 unspecified atom stereocenters. The number of carbonyl (C=O) groups is 1. The van der Waals surface area contributed by atoms with Gasteiger partial charge in [0.15, 0.2) is 0 Å². The average molecular weight is 503 g/mol. The van der Waals surface area contributed by atoms with Gasteiger partial charge in [-0.15, -0.1) is 0 Å². The van der Waals surface area contributed by atoms with Crippen molar-refractivity contribution in [3.63, 3.8) is 0 Å². The molecule has 4 atom stereocenters. The van der Waals surface area contributed by atoms with E-state index in [2.05, 4.69) is 16.8 Å². The van der Waals surface area contributed by atoms with Crippen molar-refractivity contribution in [2.24, 2.45) is 23.1 Å². The number of hydrogen-bond acceptors (Lipinski definition) is 8. The first-order valence-electron chi connectivity index (χ1n) is 11.6. The summed E-state index contributed by atoms with van der Waals surface area (Å²) in [5.41, 5.74) is 20.6. The van der Waals surface area contributed by atoms with E-state index in [0.717, 1.165) is 29.4 Å². The zero-order valence-electron chi connectivity index (χ0n) is 19.2. The molecule has 1 amide bonds. The summed E-state index contributed by atoms with van der Waals surface area (Å²) in [5.74, 6) is -2.04. The van der Waals surface area contributed by atoms with Gasteiger partial charge in [0.2, 0.25) is 0 Å². The predicted molar refractivity (Wildman–Crippen MR) is 131 cm³/mol. The molecule has 35 heavy (non-hydrogen) atoms. The van der Waals surface area contributed by atoms with Crippen LogP contribution in [0.4, 0.5) is 20.2 Å². The number of aromatic nitrogens is 1. The van der Waals surface area contributed by atoms with Crippen molar-refractivity contribution in [3.8, 4) is 0 Å². The second-order valence-electron chi connectivity index (χ2n) is 9.47. The quantitative estimate of drug-likeness (QED) is 0.501. The summed E-state index contributed by atoms with van der Waals surface area (Å²) in [4.78, 5) is 20.7. The number of halogens is 2. The van der Waals surface area contributed by atoms with Crippen LogP contribution in [0.3, 0.4) is 0 Å². The maximum atomic E-state index is 14.9. The standard InChI is InChI=1S/C24H28F2N6O2S/c1-11-7-12(27)10-31(9-11)20-13-5-6-17(33)19(13)30-8-16(20)32-21(22(28)34)23(29)35-24(32)18-14(25)3-2-4-15(18)26/h2-4,8,11-12,17,24,33H,5-7,9-10,27,29H2,1H3,(H2,28,34)/t11-,12+,17?,24?/m1/s1. The second-order valence-corrected chi connectivity index (χ2v) is 10.6. The predicted octanol–water partition coefficient (Wildman–Crippen LogP) is 2.38. The highest BCUT2D eigenvalue weighted by molar-refractivity contribution is 8.03. The monoisotopic (exact) mass is 502 g/mol. The van der Waals surface area contributed by atoms with Gasteiger partial charge in [0.05, 0.1) is 40.0 Å². The molecule has 2 aromatic rings. The Morgan fingerprint density at radius 1 is 1.26 bits per heavy atom. The number of benzene rings is 1. The average Bonchev–Trinajstić information content (AvgIpc) is 3.32. The second kappa shape index (κ2) is 8.96. The Labute approximate surface area is 206 Å². The molecular weight excluding hydrogens is 474 g/mol. The SMILES string of the molecule is C[C@@H]1C[C@H](N)CN(c2c(N3C(C(N)=O)=C(N)SC3c3c(F)cccc3F)cnc3c2CCC3O)C1. The van der Waals surface area contributed by atoms with Crippen molar-refractivity contribution < 1.29 is 18.7 Å². The van der Waals surface area contributed by atoms with Gasteiger partial charge in [0.25, 0.3) is 5.91 Å². The Bertz CT molecular complexity index is 1190. The number of primary amides is 1. The zero-order valence-corrected chi connectivity index (χ0v) is 20.1. The molecule has 0 bridgehead atoms. The molecular formula is C24H28F2N6O2S. The molecule has 5 rings (SSSR count). The van der Waals surface area contributed by atoms with Crippen LogP contribution in [-0.2, 0) is 11.2 Å². The first-order valence-corrected chi connectivity index (χ1v) is 12.4. The molecule has 0 saturated carbocycles. The number of nitrogens with zero attached hydrogens (tertiary/aromatic N) is 3.